The van der Waals surface area contributed by atoms with Gasteiger partial charge >= 0.3 is 6.09 Å². The van der Waals surface area contributed by atoms with Crippen LogP contribution in [0.4, 0.5) is 4.79 Å². The predicted octanol–water partition coefficient (Wildman–Crippen LogP) is 2.43. The van der Waals surface area contributed by atoms with Crippen LogP contribution < -0.4 is 5.32 Å². The van der Waals surface area contributed by atoms with Crippen LogP contribution in [0.1, 0.15) is 37.8 Å². The number of amides is 3. The van der Waals surface area contributed by atoms with Crippen LogP contribution in [0.25, 0.3) is 10.9 Å². The second kappa shape index (κ2) is 11.5. The van der Waals surface area contributed by atoms with Gasteiger partial charge in [-0.2, -0.15) is 0 Å². The van der Waals surface area contributed by atoms with Crippen LogP contribution in [0.3, 0.4) is 0 Å². The summed E-state index contributed by atoms with van der Waals surface area (Å²) in [5.41, 5.74) is 2.79. The number of hydrogen-bond acceptors (Lipinski definition) is 7. The fourth-order valence-corrected chi connectivity index (χ4v) is 3.45. The van der Waals surface area contributed by atoms with Gasteiger partial charge in [-0.3, -0.25) is 14.6 Å². The Labute approximate surface area is 187 Å². The van der Waals surface area contributed by atoms with Gasteiger partial charge in [0, 0.05) is 37.5 Å². The van der Waals surface area contributed by atoms with Gasteiger partial charge in [0.05, 0.1) is 18.7 Å². The molecule has 1 saturated heterocycles. The van der Waals surface area contributed by atoms with Crippen LogP contribution in [-0.2, 0) is 32.1 Å². The van der Waals surface area contributed by atoms with Crippen molar-refractivity contribution in [3.63, 3.8) is 0 Å². The largest absolute Gasteiger partial charge is 0.432 e. The number of aromatic nitrogens is 1. The van der Waals surface area contributed by atoms with Crippen molar-refractivity contribution in [1.29, 1.82) is 0 Å². The number of rotatable bonds is 11. The summed E-state index contributed by atoms with van der Waals surface area (Å²) in [6.45, 7) is 8.82. The number of hydrogen-bond donors (Lipinski definition) is 1. The molecule has 0 bridgehead atoms. The van der Waals surface area contributed by atoms with Crippen LogP contribution in [0.15, 0.2) is 30.5 Å². The highest BCUT2D eigenvalue weighted by molar-refractivity contribution is 6.01. The molecular formula is C23H30N4O5. The van der Waals surface area contributed by atoms with Crippen LogP contribution in [0, 0.1) is 0 Å². The molecule has 1 aliphatic rings. The summed E-state index contributed by atoms with van der Waals surface area (Å²) in [4.78, 5) is 46.6. The lowest BCUT2D eigenvalue weighted by Gasteiger charge is -2.17. The van der Waals surface area contributed by atoms with E-state index in [1.807, 2.05) is 24.4 Å². The highest BCUT2D eigenvalue weighted by Gasteiger charge is 2.32. The lowest BCUT2D eigenvalue weighted by molar-refractivity contribution is -0.171. The van der Waals surface area contributed by atoms with E-state index in [-0.39, 0.29) is 19.4 Å². The molecule has 172 valence electrons. The Bertz CT molecular complexity index is 945. The molecule has 9 nitrogen and oxygen atoms in total. The fraction of sp³-hybridized carbons (Fsp3) is 0.478. The Morgan fingerprint density at radius 3 is 2.53 bits per heavy atom. The third kappa shape index (κ3) is 6.48. The van der Waals surface area contributed by atoms with Gasteiger partial charge in [-0.05, 0) is 48.8 Å². The maximum atomic E-state index is 11.9. The van der Waals surface area contributed by atoms with Gasteiger partial charge in [0.25, 0.3) is 11.8 Å². The smallest absolute Gasteiger partial charge is 0.380 e. The number of hydroxylamine groups is 2. The van der Waals surface area contributed by atoms with Crippen molar-refractivity contribution in [2.24, 2.45) is 0 Å². The first-order valence-electron chi connectivity index (χ1n) is 11.0. The summed E-state index contributed by atoms with van der Waals surface area (Å²) in [5.74, 6) is -1.02. The van der Waals surface area contributed by atoms with Crippen molar-refractivity contribution in [3.8, 4) is 0 Å². The van der Waals surface area contributed by atoms with Gasteiger partial charge in [0.15, 0.2) is 0 Å². The van der Waals surface area contributed by atoms with E-state index < -0.39 is 17.9 Å². The zero-order valence-electron chi connectivity index (χ0n) is 18.6. The fourth-order valence-electron chi connectivity index (χ4n) is 3.45. The Morgan fingerprint density at radius 2 is 1.81 bits per heavy atom. The predicted molar refractivity (Wildman–Crippen MR) is 118 cm³/mol. The molecular weight excluding hydrogens is 412 g/mol. The van der Waals surface area contributed by atoms with E-state index in [1.165, 1.54) is 0 Å². The van der Waals surface area contributed by atoms with E-state index in [0.29, 0.717) is 18.3 Å². The number of nitrogens with one attached hydrogen (secondary N) is 1. The van der Waals surface area contributed by atoms with E-state index in [9.17, 15) is 14.4 Å². The summed E-state index contributed by atoms with van der Waals surface area (Å²) in [6.07, 6.45) is 1.91. The SMILES string of the molecule is CCN(CC)CCOCCc1cnc2ccc(CNC(=O)ON3C(=O)CCC3=O)cc2c1. The van der Waals surface area contributed by atoms with Crippen molar-refractivity contribution in [2.75, 3.05) is 32.8 Å². The summed E-state index contributed by atoms with van der Waals surface area (Å²) in [6, 6.07) is 7.76. The number of carbonyl (C=O) groups is 3. The van der Waals surface area contributed by atoms with Crippen LogP contribution in [0.5, 0.6) is 0 Å². The topological polar surface area (TPSA) is 101 Å². The lowest BCUT2D eigenvalue weighted by atomic mass is 10.1. The molecule has 1 aliphatic heterocycles. The van der Waals surface area contributed by atoms with Crippen LogP contribution in [0.2, 0.25) is 0 Å². The summed E-state index contributed by atoms with van der Waals surface area (Å²) < 4.78 is 5.76. The third-order valence-electron chi connectivity index (χ3n) is 5.40. The quantitative estimate of drug-likeness (QED) is 0.421. The summed E-state index contributed by atoms with van der Waals surface area (Å²) in [5, 5.41) is 4.05. The number of imide groups is 1. The number of fused-ring (bicyclic) bond motifs is 1. The first-order valence-corrected chi connectivity index (χ1v) is 11.0. The Balaban J connectivity index is 1.49. The molecule has 3 amide bonds. The zero-order valence-corrected chi connectivity index (χ0v) is 18.6. The minimum absolute atomic E-state index is 0.0626. The molecule has 0 unspecified atom stereocenters. The van der Waals surface area contributed by atoms with Crippen molar-refractivity contribution >= 4 is 28.8 Å². The summed E-state index contributed by atoms with van der Waals surface area (Å²) in [7, 11) is 0. The maximum Gasteiger partial charge on any atom is 0.432 e. The van der Waals surface area contributed by atoms with Crippen molar-refractivity contribution in [2.45, 2.75) is 39.7 Å². The number of ether oxygens (including phenoxy) is 1. The van der Waals surface area contributed by atoms with Gasteiger partial charge in [-0.15, -0.1) is 5.06 Å². The third-order valence-corrected chi connectivity index (χ3v) is 5.40. The minimum atomic E-state index is -0.845. The lowest BCUT2D eigenvalue weighted by Crippen LogP contribution is -2.36. The average molecular weight is 443 g/mol. The molecule has 32 heavy (non-hydrogen) atoms. The standard InChI is InChI=1S/C23H30N4O5/c1-3-26(4-2)10-12-31-11-9-18-14-19-13-17(5-6-20(19)24-15-18)16-25-23(30)32-27-21(28)7-8-22(27)29/h5-6,13-15H,3-4,7-12,16H2,1-2H3,(H,25,30). The van der Waals surface area contributed by atoms with Crippen LogP contribution >= 0.6 is 0 Å². The second-order valence-electron chi connectivity index (χ2n) is 7.57. The zero-order chi connectivity index (χ0) is 22.9. The van der Waals surface area contributed by atoms with Crippen molar-refractivity contribution < 1.29 is 24.0 Å². The average Bonchev–Trinajstić information content (AvgIpc) is 3.11. The van der Waals surface area contributed by atoms with E-state index in [0.717, 1.165) is 48.1 Å². The highest BCUT2D eigenvalue weighted by Crippen LogP contribution is 2.17. The number of carbonyl (C=O) groups excluding carboxylic acids is 3. The van der Waals surface area contributed by atoms with E-state index in [1.54, 1.807) is 0 Å². The second-order valence-corrected chi connectivity index (χ2v) is 7.57. The molecule has 1 aromatic carbocycles. The highest BCUT2D eigenvalue weighted by atomic mass is 16.7. The summed E-state index contributed by atoms with van der Waals surface area (Å²) >= 11 is 0. The van der Waals surface area contributed by atoms with Gasteiger partial charge in [-0.1, -0.05) is 19.9 Å². The molecule has 1 aromatic heterocycles. The van der Waals surface area contributed by atoms with Crippen molar-refractivity contribution in [1.82, 2.24) is 20.3 Å². The molecule has 0 spiro atoms. The van der Waals surface area contributed by atoms with Gasteiger partial charge in [-0.25, -0.2) is 4.79 Å². The van der Waals surface area contributed by atoms with Crippen LogP contribution in [-0.4, -0.2) is 65.7 Å². The van der Waals surface area contributed by atoms with E-state index in [2.05, 4.69) is 35.1 Å². The first kappa shape index (κ1) is 23.6. The maximum absolute atomic E-state index is 11.9. The van der Waals surface area contributed by atoms with E-state index >= 15 is 0 Å². The minimum Gasteiger partial charge on any atom is -0.380 e. The molecule has 3 rings (SSSR count). The molecule has 0 saturated carbocycles. The normalized spacial score (nSPS) is 13.9. The van der Waals surface area contributed by atoms with Gasteiger partial charge in [0.1, 0.15) is 0 Å². The van der Waals surface area contributed by atoms with E-state index in [4.69, 9.17) is 9.57 Å². The Hall–Kier alpha value is -3.04. The van der Waals surface area contributed by atoms with Crippen molar-refractivity contribution in [3.05, 3.63) is 41.6 Å². The molecule has 1 N–H and O–H groups in total. The molecule has 0 aliphatic carbocycles. The molecule has 2 aromatic rings. The molecule has 0 radical (unpaired) electrons. The molecule has 9 heteroatoms. The molecule has 0 atom stereocenters. The first-order chi connectivity index (χ1) is 15.5. The molecule has 2 heterocycles. The Morgan fingerprint density at radius 1 is 1.09 bits per heavy atom. The number of nitrogens with zero attached hydrogens (tertiary/aromatic N) is 3. The number of pyridine rings is 1. The monoisotopic (exact) mass is 442 g/mol. The Kier molecular flexibility index (Phi) is 8.52. The number of benzene rings is 1. The van der Waals surface area contributed by atoms with Gasteiger partial charge < -0.3 is 19.8 Å². The molecule has 1 fully saturated rings. The number of likely N-dealkylation sites (N-methyl/N-ethyl adjacent to an activating group) is 1. The van der Waals surface area contributed by atoms with Gasteiger partial charge in [0.2, 0.25) is 0 Å².